The molecule has 2 fully saturated rings. The summed E-state index contributed by atoms with van der Waals surface area (Å²) in [7, 11) is 0. The third-order valence-corrected chi connectivity index (χ3v) is 5.47. The van der Waals surface area contributed by atoms with Crippen LogP contribution in [-0.4, -0.2) is 39.4 Å². The van der Waals surface area contributed by atoms with Gasteiger partial charge in [0.25, 0.3) is 0 Å². The van der Waals surface area contributed by atoms with Crippen molar-refractivity contribution >= 4 is 5.91 Å². The van der Waals surface area contributed by atoms with E-state index < -0.39 is 0 Å². The summed E-state index contributed by atoms with van der Waals surface area (Å²) in [6.07, 6.45) is 10.4. The van der Waals surface area contributed by atoms with Gasteiger partial charge in [0, 0.05) is 18.1 Å². The first-order chi connectivity index (χ1) is 10.7. The first-order valence-electron chi connectivity index (χ1n) is 8.43. The van der Waals surface area contributed by atoms with E-state index in [9.17, 15) is 4.79 Å². The molecule has 6 nitrogen and oxygen atoms in total. The Morgan fingerprint density at radius 3 is 2.86 bits per heavy atom. The highest BCUT2D eigenvalue weighted by Gasteiger charge is 2.56. The Balaban J connectivity index is 1.65. The number of aromatic nitrogens is 3. The maximum Gasteiger partial charge on any atom is 0.244 e. The average Bonchev–Trinajstić information content (AvgIpc) is 3.08. The van der Waals surface area contributed by atoms with Crippen LogP contribution in [-0.2, 0) is 9.53 Å². The fraction of sp³-hybridized carbons (Fsp3) is 0.812. The van der Waals surface area contributed by atoms with E-state index in [1.807, 2.05) is 6.92 Å². The lowest BCUT2D eigenvalue weighted by molar-refractivity contribution is -0.158. The Hall–Kier alpha value is -1.43. The average molecular weight is 306 g/mol. The van der Waals surface area contributed by atoms with Gasteiger partial charge in [-0.3, -0.25) is 4.79 Å². The van der Waals surface area contributed by atoms with E-state index in [1.54, 1.807) is 11.0 Å². The molecule has 0 saturated heterocycles. The normalized spacial score (nSPS) is 28.1. The third-order valence-electron chi connectivity index (χ3n) is 5.47. The van der Waals surface area contributed by atoms with Crippen LogP contribution in [0.1, 0.15) is 58.4 Å². The van der Waals surface area contributed by atoms with Crippen LogP contribution in [0.2, 0.25) is 0 Å². The maximum absolute atomic E-state index is 12.5. The van der Waals surface area contributed by atoms with Gasteiger partial charge in [0.2, 0.25) is 5.91 Å². The lowest BCUT2D eigenvalue weighted by Gasteiger charge is -2.57. The molecule has 0 aliphatic heterocycles. The number of carbonyl (C=O) groups is 1. The number of rotatable bonds is 5. The van der Waals surface area contributed by atoms with Gasteiger partial charge in [0.05, 0.1) is 6.10 Å². The Morgan fingerprint density at radius 2 is 2.23 bits per heavy atom. The van der Waals surface area contributed by atoms with Gasteiger partial charge in [-0.15, -0.1) is 0 Å². The second-order valence-corrected chi connectivity index (χ2v) is 6.59. The van der Waals surface area contributed by atoms with E-state index in [0.717, 1.165) is 13.0 Å². The molecule has 0 bridgehead atoms. The zero-order chi connectivity index (χ0) is 15.6. The number of nitrogens with zero attached hydrogens (tertiary/aromatic N) is 3. The minimum absolute atomic E-state index is 0.0235. The molecular weight excluding hydrogens is 280 g/mol. The van der Waals surface area contributed by atoms with Crippen molar-refractivity contribution in [3.05, 3.63) is 12.7 Å². The number of ether oxygens (including phenoxy) is 1. The highest BCUT2D eigenvalue weighted by atomic mass is 16.5. The molecule has 1 N–H and O–H groups in total. The number of hydrogen-bond acceptors (Lipinski definition) is 4. The van der Waals surface area contributed by atoms with Gasteiger partial charge >= 0.3 is 0 Å². The van der Waals surface area contributed by atoms with Gasteiger partial charge < -0.3 is 10.1 Å². The van der Waals surface area contributed by atoms with Gasteiger partial charge in [0.1, 0.15) is 18.7 Å². The van der Waals surface area contributed by atoms with Crippen molar-refractivity contribution in [1.29, 1.82) is 0 Å². The summed E-state index contributed by atoms with van der Waals surface area (Å²) in [5.41, 5.74) is 0.159. The largest absolute Gasteiger partial charge is 0.378 e. The fourth-order valence-corrected chi connectivity index (χ4v) is 4.10. The third kappa shape index (κ3) is 2.64. The molecule has 1 aromatic heterocycles. The Labute approximate surface area is 131 Å². The molecule has 1 amide bonds. The number of amides is 1. The quantitative estimate of drug-likeness (QED) is 0.904. The summed E-state index contributed by atoms with van der Waals surface area (Å²) in [4.78, 5) is 16.4. The SMILES string of the molecule is CCO[C@@H]1C[C@@H](NC(=O)[C@@H](C)n2cncn2)C12CCCCC2. The zero-order valence-electron chi connectivity index (χ0n) is 13.5. The first-order valence-corrected chi connectivity index (χ1v) is 8.43. The highest BCUT2D eigenvalue weighted by Crippen LogP contribution is 2.53. The van der Waals surface area contributed by atoms with Crippen molar-refractivity contribution in [2.45, 2.75) is 70.6 Å². The van der Waals surface area contributed by atoms with Crippen LogP contribution in [0.3, 0.4) is 0 Å². The summed E-state index contributed by atoms with van der Waals surface area (Å²) >= 11 is 0. The molecule has 1 spiro atoms. The van der Waals surface area contributed by atoms with Crippen molar-refractivity contribution in [2.24, 2.45) is 5.41 Å². The zero-order valence-corrected chi connectivity index (χ0v) is 13.5. The van der Waals surface area contributed by atoms with E-state index in [1.165, 1.54) is 38.4 Å². The first kappa shape index (κ1) is 15.5. The van der Waals surface area contributed by atoms with Crippen LogP contribution >= 0.6 is 0 Å². The molecule has 22 heavy (non-hydrogen) atoms. The number of nitrogens with one attached hydrogen (secondary N) is 1. The minimum atomic E-state index is -0.325. The van der Waals surface area contributed by atoms with Crippen LogP contribution in [0, 0.1) is 5.41 Å². The molecule has 0 radical (unpaired) electrons. The second kappa shape index (κ2) is 6.36. The van der Waals surface area contributed by atoms with E-state index in [2.05, 4.69) is 22.3 Å². The molecule has 1 heterocycles. The molecule has 3 rings (SSSR count). The predicted octanol–water partition coefficient (Wildman–Crippen LogP) is 2.08. The van der Waals surface area contributed by atoms with Crippen molar-refractivity contribution in [2.75, 3.05) is 6.61 Å². The van der Waals surface area contributed by atoms with Gasteiger partial charge in [0.15, 0.2) is 0 Å². The summed E-state index contributed by atoms with van der Waals surface area (Å²) in [6.45, 7) is 4.66. The topological polar surface area (TPSA) is 69.0 Å². The fourth-order valence-electron chi connectivity index (χ4n) is 4.10. The van der Waals surface area contributed by atoms with E-state index >= 15 is 0 Å². The standard InChI is InChI=1S/C16H26N4O2/c1-3-22-14-9-13(16(14)7-5-4-6-8-16)19-15(21)12(2)20-11-17-10-18-20/h10-14H,3-9H2,1-2H3,(H,19,21)/t12-,13-,14-/m1/s1. The second-order valence-electron chi connectivity index (χ2n) is 6.59. The molecular formula is C16H26N4O2. The molecule has 122 valence electrons. The molecule has 1 aromatic rings. The van der Waals surface area contributed by atoms with Gasteiger partial charge in [-0.25, -0.2) is 9.67 Å². The van der Waals surface area contributed by atoms with E-state index in [-0.39, 0.29) is 23.4 Å². The summed E-state index contributed by atoms with van der Waals surface area (Å²) in [5.74, 6) is 0.0235. The van der Waals surface area contributed by atoms with Crippen LogP contribution in [0.5, 0.6) is 0 Å². The van der Waals surface area contributed by atoms with E-state index in [0.29, 0.717) is 6.10 Å². The molecule has 0 unspecified atom stereocenters. The van der Waals surface area contributed by atoms with Crippen LogP contribution in [0.25, 0.3) is 0 Å². The minimum Gasteiger partial charge on any atom is -0.378 e. The molecule has 6 heteroatoms. The van der Waals surface area contributed by atoms with Crippen molar-refractivity contribution in [1.82, 2.24) is 20.1 Å². The van der Waals surface area contributed by atoms with Crippen LogP contribution in [0.15, 0.2) is 12.7 Å². The summed E-state index contributed by atoms with van der Waals surface area (Å²) < 4.78 is 7.54. The van der Waals surface area contributed by atoms with Crippen molar-refractivity contribution < 1.29 is 9.53 Å². The molecule has 3 atom stereocenters. The summed E-state index contributed by atoms with van der Waals surface area (Å²) in [5, 5.41) is 7.30. The Morgan fingerprint density at radius 1 is 1.45 bits per heavy atom. The Bertz CT molecular complexity index is 496. The van der Waals surface area contributed by atoms with Gasteiger partial charge in [-0.05, 0) is 33.1 Å². The molecule has 0 aromatic carbocycles. The van der Waals surface area contributed by atoms with E-state index in [4.69, 9.17) is 4.74 Å². The van der Waals surface area contributed by atoms with Gasteiger partial charge in [-0.2, -0.15) is 5.10 Å². The van der Waals surface area contributed by atoms with Crippen LogP contribution in [0.4, 0.5) is 0 Å². The molecule has 2 aliphatic carbocycles. The van der Waals surface area contributed by atoms with Crippen LogP contribution < -0.4 is 5.32 Å². The monoisotopic (exact) mass is 306 g/mol. The molecule has 2 saturated carbocycles. The van der Waals surface area contributed by atoms with Gasteiger partial charge in [-0.1, -0.05) is 19.3 Å². The maximum atomic E-state index is 12.5. The smallest absolute Gasteiger partial charge is 0.244 e. The van der Waals surface area contributed by atoms with Crippen molar-refractivity contribution in [3.63, 3.8) is 0 Å². The number of carbonyl (C=O) groups excluding carboxylic acids is 1. The predicted molar refractivity (Wildman–Crippen MR) is 82.2 cm³/mol. The highest BCUT2D eigenvalue weighted by molar-refractivity contribution is 5.80. The van der Waals surface area contributed by atoms with Crippen molar-refractivity contribution in [3.8, 4) is 0 Å². The number of hydrogen-bond donors (Lipinski definition) is 1. The summed E-state index contributed by atoms with van der Waals surface area (Å²) in [6, 6.07) is -0.0860. The Kier molecular flexibility index (Phi) is 4.47. The lowest BCUT2D eigenvalue weighted by atomic mass is 9.55. The lowest BCUT2D eigenvalue weighted by Crippen LogP contribution is -2.65. The molecule has 2 aliphatic rings.